The molecule has 0 radical (unpaired) electrons. The minimum atomic E-state index is -4.34. The van der Waals surface area contributed by atoms with Crippen LogP contribution in [0.2, 0.25) is 0 Å². The van der Waals surface area contributed by atoms with Gasteiger partial charge in [0.05, 0.1) is 31.9 Å². The van der Waals surface area contributed by atoms with E-state index in [9.17, 15) is 13.2 Å². The zero-order valence-corrected chi connectivity index (χ0v) is 20.5. The summed E-state index contributed by atoms with van der Waals surface area (Å²) >= 11 is 0. The van der Waals surface area contributed by atoms with E-state index < -0.39 is 11.7 Å². The second-order valence-corrected chi connectivity index (χ2v) is 7.32. The van der Waals surface area contributed by atoms with Crippen molar-refractivity contribution in [3.05, 3.63) is 47.0 Å². The summed E-state index contributed by atoms with van der Waals surface area (Å²) in [6.07, 6.45) is -4.34. The molecule has 178 valence electrons. The lowest BCUT2D eigenvalue weighted by atomic mass is 10.1. The van der Waals surface area contributed by atoms with Gasteiger partial charge in [0, 0.05) is 33.2 Å². The minimum Gasteiger partial charge on any atom is -0.379 e. The number of aliphatic imine (C=N–C) groups is 1. The Morgan fingerprint density at radius 3 is 2.41 bits per heavy atom. The van der Waals surface area contributed by atoms with Crippen molar-refractivity contribution in [1.82, 2.24) is 30.3 Å². The molecule has 0 bridgehead atoms. The Bertz CT molecular complexity index is 865. The van der Waals surface area contributed by atoms with E-state index in [4.69, 9.17) is 4.74 Å². The number of guanidine groups is 1. The third-order valence-electron chi connectivity index (χ3n) is 5.12. The summed E-state index contributed by atoms with van der Waals surface area (Å²) in [4.78, 5) is 6.83. The predicted octanol–water partition coefficient (Wildman–Crippen LogP) is 2.33. The zero-order chi connectivity index (χ0) is 22.3. The Hall–Kier alpha value is -1.93. The van der Waals surface area contributed by atoms with Gasteiger partial charge in [-0.2, -0.15) is 13.2 Å². The molecule has 1 fully saturated rings. The first-order chi connectivity index (χ1) is 14.8. The highest BCUT2D eigenvalue weighted by atomic mass is 127. The van der Waals surface area contributed by atoms with Crippen LogP contribution >= 0.6 is 24.0 Å². The molecule has 8 nitrogen and oxygen atoms in total. The van der Waals surface area contributed by atoms with Gasteiger partial charge in [0.15, 0.2) is 11.8 Å². The number of morpholine rings is 1. The molecule has 1 aliphatic heterocycles. The molecule has 0 aliphatic carbocycles. The van der Waals surface area contributed by atoms with Gasteiger partial charge in [0.2, 0.25) is 0 Å². The van der Waals surface area contributed by atoms with E-state index in [1.54, 1.807) is 0 Å². The van der Waals surface area contributed by atoms with E-state index in [2.05, 4.69) is 30.7 Å². The monoisotopic (exact) mass is 567 g/mol. The van der Waals surface area contributed by atoms with Crippen LogP contribution in [0.15, 0.2) is 29.3 Å². The first-order valence-corrected chi connectivity index (χ1v) is 10.2. The zero-order valence-electron chi connectivity index (χ0n) is 18.2. The van der Waals surface area contributed by atoms with Gasteiger partial charge in [-0.3, -0.25) is 4.90 Å². The number of alkyl halides is 3. The van der Waals surface area contributed by atoms with Gasteiger partial charge in [0.1, 0.15) is 5.82 Å². The number of rotatable bonds is 7. The molecule has 1 aromatic heterocycles. The van der Waals surface area contributed by atoms with Crippen LogP contribution in [0.3, 0.4) is 0 Å². The lowest BCUT2D eigenvalue weighted by Crippen LogP contribution is -2.44. The highest BCUT2D eigenvalue weighted by Crippen LogP contribution is 2.29. The summed E-state index contributed by atoms with van der Waals surface area (Å²) in [7, 11) is 1.89. The lowest BCUT2D eigenvalue weighted by Gasteiger charge is -2.26. The van der Waals surface area contributed by atoms with Crippen LogP contribution in [0.5, 0.6) is 0 Å². The largest absolute Gasteiger partial charge is 0.416 e. The van der Waals surface area contributed by atoms with Gasteiger partial charge in [-0.15, -0.1) is 34.2 Å². The van der Waals surface area contributed by atoms with Crippen molar-refractivity contribution in [3.63, 3.8) is 0 Å². The molecule has 12 heteroatoms. The Labute approximate surface area is 202 Å². The van der Waals surface area contributed by atoms with Gasteiger partial charge in [-0.1, -0.05) is 12.1 Å². The van der Waals surface area contributed by atoms with Gasteiger partial charge >= 0.3 is 6.18 Å². The minimum absolute atomic E-state index is 0. The number of hydrogen-bond donors (Lipinski definition) is 2. The molecule has 0 unspecified atom stereocenters. The quantitative estimate of drug-likeness (QED) is 0.304. The van der Waals surface area contributed by atoms with Crippen molar-refractivity contribution in [2.24, 2.45) is 12.0 Å². The normalized spacial score (nSPS) is 15.3. The fourth-order valence-corrected chi connectivity index (χ4v) is 3.07. The molecule has 0 amide bonds. The van der Waals surface area contributed by atoms with E-state index in [0.29, 0.717) is 24.6 Å². The molecular weight excluding hydrogens is 538 g/mol. The topological polar surface area (TPSA) is 79.6 Å². The molecule has 1 aromatic carbocycles. The molecule has 2 N–H and O–H groups in total. The molecule has 0 spiro atoms. The Balaban J connectivity index is 0.00000363. The van der Waals surface area contributed by atoms with Crippen LogP contribution in [0.4, 0.5) is 13.2 Å². The van der Waals surface area contributed by atoms with Crippen molar-refractivity contribution < 1.29 is 17.9 Å². The third-order valence-corrected chi connectivity index (χ3v) is 5.12. The van der Waals surface area contributed by atoms with Crippen LogP contribution < -0.4 is 10.6 Å². The van der Waals surface area contributed by atoms with Crippen LogP contribution in [0, 0.1) is 6.92 Å². The van der Waals surface area contributed by atoms with Crippen molar-refractivity contribution in [1.29, 1.82) is 0 Å². The number of aryl methyl sites for hydroxylation is 1. The summed E-state index contributed by atoms with van der Waals surface area (Å²) in [5, 5.41) is 14.7. The maximum atomic E-state index is 12.8. The van der Waals surface area contributed by atoms with Crippen molar-refractivity contribution >= 4 is 29.9 Å². The fourth-order valence-electron chi connectivity index (χ4n) is 3.07. The van der Waals surface area contributed by atoms with Gasteiger partial charge < -0.3 is 19.9 Å². The molecule has 0 atom stereocenters. The van der Waals surface area contributed by atoms with Gasteiger partial charge in [-0.25, -0.2) is 4.99 Å². The summed E-state index contributed by atoms with van der Waals surface area (Å²) in [6, 6.07) is 5.05. The number of nitrogens with zero attached hydrogens (tertiary/aromatic N) is 5. The van der Waals surface area contributed by atoms with Crippen LogP contribution in [0.1, 0.15) is 22.8 Å². The number of benzene rings is 1. The molecule has 2 heterocycles. The van der Waals surface area contributed by atoms with Gasteiger partial charge in [0.25, 0.3) is 0 Å². The number of ether oxygens (including phenoxy) is 1. The fraction of sp³-hybridized carbons (Fsp3) is 0.550. The summed E-state index contributed by atoms with van der Waals surface area (Å²) in [5.74, 6) is 2.13. The molecule has 0 saturated carbocycles. The maximum Gasteiger partial charge on any atom is 0.416 e. The van der Waals surface area contributed by atoms with Crippen LogP contribution in [-0.2, 0) is 31.1 Å². The van der Waals surface area contributed by atoms with E-state index in [1.807, 2.05) is 18.5 Å². The van der Waals surface area contributed by atoms with E-state index >= 15 is 0 Å². The van der Waals surface area contributed by atoms with Crippen molar-refractivity contribution in [2.45, 2.75) is 26.2 Å². The average Bonchev–Trinajstić information content (AvgIpc) is 3.08. The predicted molar refractivity (Wildman–Crippen MR) is 126 cm³/mol. The van der Waals surface area contributed by atoms with E-state index in [-0.39, 0.29) is 30.5 Å². The van der Waals surface area contributed by atoms with E-state index in [0.717, 1.165) is 56.6 Å². The summed E-state index contributed by atoms with van der Waals surface area (Å²) in [6.45, 7) is 7.32. The first kappa shape index (κ1) is 26.3. The standard InChI is InChI=1S/C20H28F3N7O.HI/c1-15-27-28-18(29(15)2)14-26-19(24-7-8-30-9-11-31-12-10-30)25-13-16-3-5-17(6-4-16)20(21,22)23;/h3-6H,7-14H2,1-2H3,(H2,24,25,26);1H. The average molecular weight is 567 g/mol. The molecular formula is C20H29F3IN7O. The van der Waals surface area contributed by atoms with E-state index in [1.165, 1.54) is 12.1 Å². The second kappa shape index (κ2) is 12.3. The summed E-state index contributed by atoms with van der Waals surface area (Å²) < 4.78 is 45.5. The maximum absolute atomic E-state index is 12.8. The van der Waals surface area contributed by atoms with Gasteiger partial charge in [-0.05, 0) is 24.6 Å². The van der Waals surface area contributed by atoms with Crippen LogP contribution in [-0.4, -0.2) is 65.0 Å². The highest BCUT2D eigenvalue weighted by Gasteiger charge is 2.29. The number of halogens is 4. The third kappa shape index (κ3) is 7.89. The Morgan fingerprint density at radius 2 is 1.81 bits per heavy atom. The molecule has 3 rings (SSSR count). The smallest absolute Gasteiger partial charge is 0.379 e. The number of hydrogen-bond acceptors (Lipinski definition) is 5. The van der Waals surface area contributed by atoms with Crippen molar-refractivity contribution in [2.75, 3.05) is 39.4 Å². The SMILES string of the molecule is Cc1nnc(CNC(=NCc2ccc(C(F)(F)F)cc2)NCCN2CCOCC2)n1C.I. The van der Waals surface area contributed by atoms with Crippen LogP contribution in [0.25, 0.3) is 0 Å². The molecule has 1 aliphatic rings. The van der Waals surface area contributed by atoms with Crippen molar-refractivity contribution in [3.8, 4) is 0 Å². The second-order valence-electron chi connectivity index (χ2n) is 7.32. The lowest BCUT2D eigenvalue weighted by molar-refractivity contribution is -0.137. The number of nitrogens with one attached hydrogen (secondary N) is 2. The Kier molecular flexibility index (Phi) is 10.2. The molecule has 32 heavy (non-hydrogen) atoms. The Morgan fingerprint density at radius 1 is 1.12 bits per heavy atom. The summed E-state index contributed by atoms with van der Waals surface area (Å²) in [5.41, 5.74) is 0.0247. The highest BCUT2D eigenvalue weighted by molar-refractivity contribution is 14.0. The molecule has 1 saturated heterocycles. The molecule has 2 aromatic rings. The number of aromatic nitrogens is 3. The first-order valence-electron chi connectivity index (χ1n) is 10.2.